The minimum Gasteiger partial charge on any atom is -0.126 e. The Morgan fingerprint density at radius 2 is 1.72 bits per heavy atom. The topological polar surface area (TPSA) is 0 Å². The quantitative estimate of drug-likeness (QED) is 0.417. The fraction of sp³-hybridized carbons (Fsp3) is 0.500. The second-order valence-electron chi connectivity index (χ2n) is 5.42. The fourth-order valence-electron chi connectivity index (χ4n) is 1.33. The van der Waals surface area contributed by atoms with Crippen LogP contribution in [0.1, 0.15) is 42.4 Å². The minimum atomic E-state index is -1.26. The Balaban J connectivity index is 2.55. The lowest BCUT2D eigenvalue weighted by molar-refractivity contribution is 0.737. The van der Waals surface area contributed by atoms with E-state index >= 15 is 0 Å². The molecular formula is C16H22SSi. The first-order chi connectivity index (χ1) is 8.51. The first kappa shape index (κ1) is 15.1. The van der Waals surface area contributed by atoms with Gasteiger partial charge in [-0.1, -0.05) is 57.2 Å². The van der Waals surface area contributed by atoms with Gasteiger partial charge in [-0.15, -0.1) is 16.9 Å². The van der Waals surface area contributed by atoms with E-state index in [0.29, 0.717) is 0 Å². The first-order valence-corrected chi connectivity index (χ1v) is 10.9. The molecule has 1 aromatic rings. The van der Waals surface area contributed by atoms with Crippen molar-refractivity contribution in [3.05, 3.63) is 21.9 Å². The Kier molecular flexibility index (Phi) is 6.26. The molecule has 0 bridgehead atoms. The van der Waals surface area contributed by atoms with E-state index < -0.39 is 8.07 Å². The van der Waals surface area contributed by atoms with Gasteiger partial charge in [0.25, 0.3) is 0 Å². The van der Waals surface area contributed by atoms with E-state index in [1.165, 1.54) is 19.3 Å². The van der Waals surface area contributed by atoms with E-state index in [2.05, 4.69) is 62.0 Å². The Morgan fingerprint density at radius 1 is 1.06 bits per heavy atom. The maximum atomic E-state index is 3.39. The maximum Gasteiger partial charge on any atom is 0.129 e. The Bertz CT molecular complexity index is 483. The summed E-state index contributed by atoms with van der Waals surface area (Å²) in [6, 6.07) is 4.18. The number of rotatable bonds is 3. The highest BCUT2D eigenvalue weighted by Gasteiger charge is 2.07. The van der Waals surface area contributed by atoms with Crippen molar-refractivity contribution in [1.82, 2.24) is 0 Å². The molecule has 18 heavy (non-hydrogen) atoms. The van der Waals surface area contributed by atoms with Crippen molar-refractivity contribution >= 4 is 19.4 Å². The molecule has 1 aromatic heterocycles. The van der Waals surface area contributed by atoms with Crippen LogP contribution in [0.15, 0.2) is 12.1 Å². The zero-order valence-corrected chi connectivity index (χ0v) is 13.7. The molecule has 0 aliphatic rings. The summed E-state index contributed by atoms with van der Waals surface area (Å²) in [5, 5.41) is 0. The Morgan fingerprint density at radius 3 is 2.33 bits per heavy atom. The molecule has 0 saturated heterocycles. The smallest absolute Gasteiger partial charge is 0.126 e. The van der Waals surface area contributed by atoms with Crippen LogP contribution in [0.5, 0.6) is 0 Å². The molecule has 96 valence electrons. The van der Waals surface area contributed by atoms with Crippen LogP contribution in [0.25, 0.3) is 0 Å². The summed E-state index contributed by atoms with van der Waals surface area (Å²) < 4.78 is 0. The Labute approximate surface area is 117 Å². The van der Waals surface area contributed by atoms with E-state index in [4.69, 9.17) is 0 Å². The zero-order valence-electron chi connectivity index (χ0n) is 11.9. The predicted octanol–water partition coefficient (Wildman–Crippen LogP) is 4.91. The highest BCUT2D eigenvalue weighted by atomic mass is 32.1. The summed E-state index contributed by atoms with van der Waals surface area (Å²) in [5.74, 6) is 9.75. The summed E-state index contributed by atoms with van der Waals surface area (Å²) in [6.45, 7) is 9.02. The molecule has 0 unspecified atom stereocenters. The van der Waals surface area contributed by atoms with Crippen molar-refractivity contribution in [3.8, 4) is 23.3 Å². The molecule has 1 rings (SSSR count). The van der Waals surface area contributed by atoms with E-state index in [9.17, 15) is 0 Å². The lowest BCUT2D eigenvalue weighted by atomic mass is 10.2. The average Bonchev–Trinajstić information content (AvgIpc) is 2.73. The lowest BCUT2D eigenvalue weighted by Crippen LogP contribution is -2.16. The van der Waals surface area contributed by atoms with Crippen molar-refractivity contribution < 1.29 is 0 Å². The van der Waals surface area contributed by atoms with Gasteiger partial charge in [-0.25, -0.2) is 0 Å². The monoisotopic (exact) mass is 274 g/mol. The Hall–Kier alpha value is -0.963. The van der Waals surface area contributed by atoms with Gasteiger partial charge in [-0.05, 0) is 18.6 Å². The van der Waals surface area contributed by atoms with Gasteiger partial charge in [-0.3, -0.25) is 0 Å². The third kappa shape index (κ3) is 6.69. The van der Waals surface area contributed by atoms with Crippen molar-refractivity contribution in [1.29, 1.82) is 0 Å². The summed E-state index contributed by atoms with van der Waals surface area (Å²) in [6.07, 6.45) is 4.78. The third-order valence-electron chi connectivity index (χ3n) is 2.28. The van der Waals surface area contributed by atoms with Crippen LogP contribution in [0.3, 0.4) is 0 Å². The van der Waals surface area contributed by atoms with Gasteiger partial charge in [0.2, 0.25) is 0 Å². The molecule has 0 nitrogen and oxygen atoms in total. The largest absolute Gasteiger partial charge is 0.129 e. The molecule has 0 saturated carbocycles. The SMILES string of the molecule is CCCCCC#Cc1ccc(C#C[Si](C)(C)C)s1. The van der Waals surface area contributed by atoms with Crippen LogP contribution < -0.4 is 0 Å². The normalized spacial score (nSPS) is 10.2. The maximum absolute atomic E-state index is 3.39. The van der Waals surface area contributed by atoms with Gasteiger partial charge in [0.05, 0.1) is 9.75 Å². The summed E-state index contributed by atoms with van der Waals surface area (Å²) in [7, 11) is -1.26. The lowest BCUT2D eigenvalue weighted by Gasteiger charge is -2.02. The fourth-order valence-corrected chi connectivity index (χ4v) is 2.67. The van der Waals surface area contributed by atoms with E-state index in [-0.39, 0.29) is 0 Å². The van der Waals surface area contributed by atoms with Gasteiger partial charge in [0.1, 0.15) is 8.07 Å². The molecule has 0 radical (unpaired) electrons. The van der Waals surface area contributed by atoms with Crippen LogP contribution in [0, 0.1) is 23.3 Å². The molecule has 2 heteroatoms. The van der Waals surface area contributed by atoms with Crippen molar-refractivity contribution in [2.75, 3.05) is 0 Å². The molecule has 0 aliphatic carbocycles. The molecule has 0 N–H and O–H groups in total. The van der Waals surface area contributed by atoms with Crippen LogP contribution >= 0.6 is 11.3 Å². The molecular weight excluding hydrogens is 252 g/mol. The van der Waals surface area contributed by atoms with Crippen molar-refractivity contribution in [3.63, 3.8) is 0 Å². The second kappa shape index (κ2) is 7.47. The number of hydrogen-bond donors (Lipinski definition) is 0. The molecule has 0 aromatic carbocycles. The second-order valence-corrected chi connectivity index (χ2v) is 11.3. The van der Waals surface area contributed by atoms with Gasteiger partial charge in [-0.2, -0.15) is 0 Å². The molecule has 0 spiro atoms. The first-order valence-electron chi connectivity index (χ1n) is 6.63. The van der Waals surface area contributed by atoms with Gasteiger partial charge in [0.15, 0.2) is 0 Å². The third-order valence-corrected chi connectivity index (χ3v) is 4.07. The average molecular weight is 275 g/mol. The van der Waals surface area contributed by atoms with Crippen LogP contribution in [0.2, 0.25) is 19.6 Å². The standard InChI is InChI=1S/C16H22SSi/c1-5-6-7-8-9-10-15-11-12-16(17-15)13-14-18(2,3)4/h11-12H,5-8H2,1-4H3. The molecule has 0 aliphatic heterocycles. The zero-order chi connectivity index (χ0) is 13.4. The van der Waals surface area contributed by atoms with Crippen LogP contribution in [-0.4, -0.2) is 8.07 Å². The molecule has 0 amide bonds. The molecule has 1 heterocycles. The van der Waals surface area contributed by atoms with Gasteiger partial charge < -0.3 is 0 Å². The van der Waals surface area contributed by atoms with Crippen molar-refractivity contribution in [2.24, 2.45) is 0 Å². The predicted molar refractivity (Wildman–Crippen MR) is 85.6 cm³/mol. The van der Waals surface area contributed by atoms with Gasteiger partial charge >= 0.3 is 0 Å². The summed E-state index contributed by atoms with van der Waals surface area (Å²) >= 11 is 1.71. The number of hydrogen-bond acceptors (Lipinski definition) is 1. The molecule has 0 fully saturated rings. The van der Waals surface area contributed by atoms with Crippen LogP contribution in [0.4, 0.5) is 0 Å². The summed E-state index contributed by atoms with van der Waals surface area (Å²) in [4.78, 5) is 2.29. The van der Waals surface area contributed by atoms with E-state index in [0.717, 1.165) is 16.2 Å². The highest BCUT2D eigenvalue weighted by Crippen LogP contribution is 2.14. The van der Waals surface area contributed by atoms with E-state index in [1.807, 2.05) is 0 Å². The minimum absolute atomic E-state index is 1.02. The van der Waals surface area contributed by atoms with E-state index in [1.54, 1.807) is 11.3 Å². The van der Waals surface area contributed by atoms with Crippen molar-refractivity contribution in [2.45, 2.75) is 52.2 Å². The van der Waals surface area contributed by atoms with Gasteiger partial charge in [0, 0.05) is 6.42 Å². The number of thiophene rings is 1. The van der Waals surface area contributed by atoms with Crippen LogP contribution in [-0.2, 0) is 0 Å². The summed E-state index contributed by atoms with van der Waals surface area (Å²) in [5.41, 5.74) is 3.39. The molecule has 0 atom stereocenters. The highest BCUT2D eigenvalue weighted by molar-refractivity contribution is 7.13. The number of unbranched alkanes of at least 4 members (excludes halogenated alkanes) is 3.